The van der Waals surface area contributed by atoms with E-state index in [0.717, 1.165) is 32.5 Å². The van der Waals surface area contributed by atoms with Crippen LogP contribution in [0.3, 0.4) is 0 Å². The van der Waals surface area contributed by atoms with Gasteiger partial charge in [-0.05, 0) is 38.9 Å². The molecule has 2 heterocycles. The zero-order valence-electron chi connectivity index (χ0n) is 14.4. The average Bonchev–Trinajstić information content (AvgIpc) is 2.51. The van der Waals surface area contributed by atoms with Gasteiger partial charge >= 0.3 is 0 Å². The van der Waals surface area contributed by atoms with Gasteiger partial charge in [-0.3, -0.25) is 9.69 Å². The summed E-state index contributed by atoms with van der Waals surface area (Å²) in [6.07, 6.45) is 2.27. The van der Waals surface area contributed by atoms with Crippen LogP contribution in [0.1, 0.15) is 47.0 Å². The monoisotopic (exact) mass is 319 g/mol. The molecule has 0 bridgehead atoms. The SMILES string of the molecule is CC.CCN1CCC(N2CCC(NC(C)=O)C(F)(F)C2)CC1. The van der Waals surface area contributed by atoms with Crippen molar-refractivity contribution in [2.75, 3.05) is 32.7 Å². The summed E-state index contributed by atoms with van der Waals surface area (Å²) < 4.78 is 28.2. The van der Waals surface area contributed by atoms with Crippen molar-refractivity contribution in [2.45, 2.75) is 65.0 Å². The Morgan fingerprint density at radius 2 is 1.77 bits per heavy atom. The minimum absolute atomic E-state index is 0.227. The molecule has 1 unspecified atom stereocenters. The van der Waals surface area contributed by atoms with Gasteiger partial charge in [0.15, 0.2) is 0 Å². The van der Waals surface area contributed by atoms with Crippen LogP contribution in [0.5, 0.6) is 0 Å². The number of nitrogens with zero attached hydrogens (tertiary/aromatic N) is 2. The van der Waals surface area contributed by atoms with E-state index in [4.69, 9.17) is 0 Å². The molecule has 0 aromatic carbocycles. The summed E-state index contributed by atoms with van der Waals surface area (Å²) in [5, 5.41) is 2.39. The standard InChI is InChI=1S/C14H25F2N3O.C2H6/c1-3-18-7-4-12(5-8-18)19-9-6-13(17-11(2)20)14(15,16)10-19;1-2/h12-13H,3-10H2,1-2H3,(H,17,20);1-2H3. The Bertz CT molecular complexity index is 344. The van der Waals surface area contributed by atoms with Crippen molar-refractivity contribution < 1.29 is 13.6 Å². The van der Waals surface area contributed by atoms with Crippen molar-refractivity contribution in [3.8, 4) is 0 Å². The fourth-order valence-electron chi connectivity index (χ4n) is 3.30. The van der Waals surface area contributed by atoms with Gasteiger partial charge in [-0.1, -0.05) is 20.8 Å². The lowest BCUT2D eigenvalue weighted by Crippen LogP contribution is -2.60. The summed E-state index contributed by atoms with van der Waals surface area (Å²) in [6.45, 7) is 10.9. The van der Waals surface area contributed by atoms with Crippen LogP contribution in [-0.2, 0) is 4.79 Å². The number of rotatable bonds is 3. The van der Waals surface area contributed by atoms with Gasteiger partial charge in [0.1, 0.15) is 0 Å². The molecule has 4 nitrogen and oxygen atoms in total. The molecule has 2 aliphatic rings. The highest BCUT2D eigenvalue weighted by Crippen LogP contribution is 2.30. The number of nitrogens with one attached hydrogen (secondary N) is 1. The normalized spacial score (nSPS) is 26.9. The third-order valence-corrected chi connectivity index (χ3v) is 4.53. The van der Waals surface area contributed by atoms with Crippen molar-refractivity contribution in [3.63, 3.8) is 0 Å². The van der Waals surface area contributed by atoms with Crippen molar-refractivity contribution in [3.05, 3.63) is 0 Å². The van der Waals surface area contributed by atoms with E-state index in [1.165, 1.54) is 6.92 Å². The molecular formula is C16H31F2N3O. The lowest BCUT2D eigenvalue weighted by atomic mass is 9.95. The highest BCUT2D eigenvalue weighted by atomic mass is 19.3. The number of hydrogen-bond donors (Lipinski definition) is 1. The zero-order chi connectivity index (χ0) is 16.8. The average molecular weight is 319 g/mol. The van der Waals surface area contributed by atoms with Crippen LogP contribution in [0.15, 0.2) is 0 Å². The van der Waals surface area contributed by atoms with E-state index in [-0.39, 0.29) is 18.5 Å². The van der Waals surface area contributed by atoms with Crippen molar-refractivity contribution in [2.24, 2.45) is 0 Å². The minimum atomic E-state index is -2.83. The molecule has 0 aliphatic carbocycles. The summed E-state index contributed by atoms with van der Waals surface area (Å²) in [5.41, 5.74) is 0. The fourth-order valence-corrected chi connectivity index (χ4v) is 3.30. The van der Waals surface area contributed by atoms with Gasteiger partial charge in [0.25, 0.3) is 5.92 Å². The van der Waals surface area contributed by atoms with Gasteiger partial charge in [-0.15, -0.1) is 0 Å². The van der Waals surface area contributed by atoms with E-state index >= 15 is 0 Å². The largest absolute Gasteiger partial charge is 0.347 e. The van der Waals surface area contributed by atoms with Crippen LogP contribution >= 0.6 is 0 Å². The van der Waals surface area contributed by atoms with Crippen LogP contribution in [0.2, 0.25) is 0 Å². The van der Waals surface area contributed by atoms with E-state index in [2.05, 4.69) is 17.1 Å². The molecule has 2 saturated heterocycles. The van der Waals surface area contributed by atoms with E-state index < -0.39 is 12.0 Å². The molecule has 1 atom stereocenters. The molecule has 0 spiro atoms. The highest BCUT2D eigenvalue weighted by molar-refractivity contribution is 5.73. The zero-order valence-corrected chi connectivity index (χ0v) is 14.4. The first-order valence-corrected chi connectivity index (χ1v) is 8.53. The third-order valence-electron chi connectivity index (χ3n) is 4.53. The number of alkyl halides is 2. The van der Waals surface area contributed by atoms with Crippen LogP contribution in [0, 0.1) is 0 Å². The molecule has 0 radical (unpaired) electrons. The third kappa shape index (κ3) is 5.16. The predicted octanol–water partition coefficient (Wildman–Crippen LogP) is 2.34. The van der Waals surface area contributed by atoms with Crippen LogP contribution in [0.4, 0.5) is 8.78 Å². The smallest absolute Gasteiger partial charge is 0.280 e. The Morgan fingerprint density at radius 1 is 1.18 bits per heavy atom. The molecule has 0 saturated carbocycles. The lowest BCUT2D eigenvalue weighted by molar-refractivity contribution is -0.131. The molecule has 2 rings (SSSR count). The summed E-state index contributed by atoms with van der Waals surface area (Å²) in [4.78, 5) is 15.3. The number of piperidine rings is 2. The summed E-state index contributed by atoms with van der Waals surface area (Å²) in [7, 11) is 0. The first kappa shape index (κ1) is 19.3. The molecule has 1 N–H and O–H groups in total. The molecule has 0 aromatic rings. The summed E-state index contributed by atoms with van der Waals surface area (Å²) >= 11 is 0. The molecule has 2 aliphatic heterocycles. The quantitative estimate of drug-likeness (QED) is 0.867. The number of carbonyl (C=O) groups excluding carboxylic acids is 1. The second-order valence-electron chi connectivity index (χ2n) is 5.94. The van der Waals surface area contributed by atoms with E-state index in [1.807, 2.05) is 18.7 Å². The lowest BCUT2D eigenvalue weighted by Gasteiger charge is -2.44. The number of hydrogen-bond acceptors (Lipinski definition) is 3. The minimum Gasteiger partial charge on any atom is -0.347 e. The van der Waals surface area contributed by atoms with Crippen LogP contribution < -0.4 is 5.32 Å². The maximum absolute atomic E-state index is 14.1. The van der Waals surface area contributed by atoms with Crippen molar-refractivity contribution in [1.82, 2.24) is 15.1 Å². The van der Waals surface area contributed by atoms with E-state index in [0.29, 0.717) is 13.0 Å². The van der Waals surface area contributed by atoms with Crippen molar-refractivity contribution >= 4 is 5.91 Å². The van der Waals surface area contributed by atoms with Gasteiger partial charge in [0.2, 0.25) is 5.91 Å². The molecule has 0 aromatic heterocycles. The molecule has 130 valence electrons. The Labute approximate surface area is 133 Å². The first-order valence-electron chi connectivity index (χ1n) is 8.53. The van der Waals surface area contributed by atoms with E-state index in [1.54, 1.807) is 0 Å². The predicted molar refractivity (Wildman–Crippen MR) is 85.2 cm³/mol. The van der Waals surface area contributed by atoms with Crippen LogP contribution in [0.25, 0.3) is 0 Å². The van der Waals surface area contributed by atoms with Gasteiger partial charge in [0, 0.05) is 19.5 Å². The van der Waals surface area contributed by atoms with Gasteiger partial charge in [0.05, 0.1) is 12.6 Å². The van der Waals surface area contributed by atoms with Gasteiger partial charge in [-0.25, -0.2) is 8.78 Å². The Morgan fingerprint density at radius 3 is 2.23 bits per heavy atom. The second-order valence-corrected chi connectivity index (χ2v) is 5.94. The maximum Gasteiger partial charge on any atom is 0.280 e. The van der Waals surface area contributed by atoms with E-state index in [9.17, 15) is 13.6 Å². The number of likely N-dealkylation sites (tertiary alicyclic amines) is 2. The summed E-state index contributed by atoms with van der Waals surface area (Å²) in [6, 6.07) is -0.742. The number of carbonyl (C=O) groups is 1. The fraction of sp³-hybridized carbons (Fsp3) is 0.938. The molecule has 6 heteroatoms. The number of halogens is 2. The van der Waals surface area contributed by atoms with Gasteiger partial charge in [-0.2, -0.15) is 0 Å². The topological polar surface area (TPSA) is 35.6 Å². The number of amides is 1. The molecule has 2 fully saturated rings. The Hall–Kier alpha value is -0.750. The van der Waals surface area contributed by atoms with Crippen LogP contribution in [-0.4, -0.2) is 66.4 Å². The summed E-state index contributed by atoms with van der Waals surface area (Å²) in [5.74, 6) is -3.20. The highest BCUT2D eigenvalue weighted by Gasteiger charge is 2.46. The molecular weight excluding hydrogens is 288 g/mol. The molecule has 1 amide bonds. The second kappa shape index (κ2) is 8.77. The first-order chi connectivity index (χ1) is 10.4. The van der Waals surface area contributed by atoms with Gasteiger partial charge < -0.3 is 10.2 Å². The maximum atomic E-state index is 14.1. The van der Waals surface area contributed by atoms with Crippen molar-refractivity contribution in [1.29, 1.82) is 0 Å². The Balaban J connectivity index is 0.00000116. The molecule has 22 heavy (non-hydrogen) atoms. The Kier molecular flexibility index (Phi) is 7.69.